The molecule has 0 aliphatic heterocycles. The summed E-state index contributed by atoms with van der Waals surface area (Å²) < 4.78 is 0. The summed E-state index contributed by atoms with van der Waals surface area (Å²) in [4.78, 5) is 36.7. The number of aliphatic imine (C=N–C) groups is 1. The molecule has 0 heterocycles. The van der Waals surface area contributed by atoms with Crippen LogP contribution in [-0.2, 0) is 9.59 Å². The first-order chi connectivity index (χ1) is 9.34. The van der Waals surface area contributed by atoms with Gasteiger partial charge in [0.2, 0.25) is 0 Å². The molecular weight excluding hydrogens is 260 g/mol. The van der Waals surface area contributed by atoms with Gasteiger partial charge in [-0.1, -0.05) is 12.1 Å². The largest absolute Gasteiger partial charge is 0.480 e. The van der Waals surface area contributed by atoms with Gasteiger partial charge in [-0.15, -0.1) is 0 Å². The van der Waals surface area contributed by atoms with Gasteiger partial charge in [0.25, 0.3) is 5.91 Å². The average molecular weight is 276 g/mol. The molecule has 1 rings (SSSR count). The second-order valence-electron chi connectivity index (χ2n) is 4.73. The van der Waals surface area contributed by atoms with Gasteiger partial charge < -0.3 is 15.2 Å². The van der Waals surface area contributed by atoms with Crippen LogP contribution in [0.1, 0.15) is 29.8 Å². The third-order valence-electron chi connectivity index (χ3n) is 2.41. The molecule has 2 N–H and O–H groups in total. The SMILES string of the molecule is CC(C)(C=O)N=Cc1ccc(C(=O)NCC(=O)O)cc1. The van der Waals surface area contributed by atoms with Crippen LogP contribution in [0.25, 0.3) is 0 Å². The average Bonchev–Trinajstić information content (AvgIpc) is 2.43. The lowest BCUT2D eigenvalue weighted by molar-refractivity contribution is -0.135. The van der Waals surface area contributed by atoms with Gasteiger partial charge in [-0.3, -0.25) is 14.6 Å². The van der Waals surface area contributed by atoms with E-state index in [4.69, 9.17) is 5.11 Å². The van der Waals surface area contributed by atoms with Crippen LogP contribution in [0.15, 0.2) is 29.3 Å². The van der Waals surface area contributed by atoms with Gasteiger partial charge >= 0.3 is 5.97 Å². The highest BCUT2D eigenvalue weighted by molar-refractivity contribution is 5.96. The Morgan fingerprint density at radius 1 is 1.30 bits per heavy atom. The molecule has 0 atom stereocenters. The fourth-order valence-corrected chi connectivity index (χ4v) is 1.25. The number of aliphatic carboxylic acids is 1. The minimum Gasteiger partial charge on any atom is -0.480 e. The van der Waals surface area contributed by atoms with Gasteiger partial charge in [-0.2, -0.15) is 0 Å². The smallest absolute Gasteiger partial charge is 0.322 e. The van der Waals surface area contributed by atoms with E-state index in [0.29, 0.717) is 5.56 Å². The molecule has 0 unspecified atom stereocenters. The predicted molar refractivity (Wildman–Crippen MR) is 74.1 cm³/mol. The lowest BCUT2D eigenvalue weighted by atomic mass is 10.1. The van der Waals surface area contributed by atoms with Crippen LogP contribution in [0.5, 0.6) is 0 Å². The minimum atomic E-state index is -1.10. The second kappa shape index (κ2) is 6.60. The summed E-state index contributed by atoms with van der Waals surface area (Å²) in [5.74, 6) is -1.55. The Balaban J connectivity index is 2.71. The van der Waals surface area contributed by atoms with Gasteiger partial charge in [-0.05, 0) is 31.5 Å². The maximum atomic E-state index is 11.6. The molecule has 6 nitrogen and oxygen atoms in total. The lowest BCUT2D eigenvalue weighted by Crippen LogP contribution is -2.29. The first-order valence-corrected chi connectivity index (χ1v) is 5.96. The van der Waals surface area contributed by atoms with Crippen molar-refractivity contribution in [3.63, 3.8) is 0 Å². The summed E-state index contributed by atoms with van der Waals surface area (Å²) in [6.45, 7) is 2.95. The van der Waals surface area contributed by atoms with E-state index in [-0.39, 0.29) is 0 Å². The Hall–Kier alpha value is -2.50. The number of nitrogens with one attached hydrogen (secondary N) is 1. The number of hydrogen-bond donors (Lipinski definition) is 2. The second-order valence-corrected chi connectivity index (χ2v) is 4.73. The quantitative estimate of drug-likeness (QED) is 0.596. The van der Waals surface area contributed by atoms with Crippen molar-refractivity contribution in [3.8, 4) is 0 Å². The molecule has 0 aliphatic rings. The van der Waals surface area contributed by atoms with Gasteiger partial charge in [0.1, 0.15) is 18.4 Å². The number of rotatable bonds is 6. The summed E-state index contributed by atoms with van der Waals surface area (Å²) in [5, 5.41) is 10.7. The molecule has 1 aromatic carbocycles. The molecule has 0 radical (unpaired) electrons. The van der Waals surface area contributed by atoms with Crippen LogP contribution >= 0.6 is 0 Å². The molecule has 0 aliphatic carbocycles. The van der Waals surface area contributed by atoms with E-state index < -0.39 is 24.0 Å². The van der Waals surface area contributed by atoms with Crippen molar-refractivity contribution in [3.05, 3.63) is 35.4 Å². The first-order valence-electron chi connectivity index (χ1n) is 5.96. The Morgan fingerprint density at radius 3 is 2.40 bits per heavy atom. The summed E-state index contributed by atoms with van der Waals surface area (Å²) in [6, 6.07) is 6.46. The molecule has 0 saturated heterocycles. The van der Waals surface area contributed by atoms with Crippen LogP contribution in [0.3, 0.4) is 0 Å². The number of nitrogens with zero attached hydrogens (tertiary/aromatic N) is 1. The van der Waals surface area contributed by atoms with Crippen LogP contribution < -0.4 is 5.32 Å². The van der Waals surface area contributed by atoms with E-state index in [1.54, 1.807) is 44.3 Å². The third kappa shape index (κ3) is 5.01. The highest BCUT2D eigenvalue weighted by atomic mass is 16.4. The highest BCUT2D eigenvalue weighted by Crippen LogP contribution is 2.07. The van der Waals surface area contributed by atoms with Crippen molar-refractivity contribution in [2.75, 3.05) is 6.54 Å². The first kappa shape index (κ1) is 15.6. The Kier molecular flexibility index (Phi) is 5.14. The molecule has 1 aromatic rings. The van der Waals surface area contributed by atoms with E-state index in [1.165, 1.54) is 0 Å². The summed E-state index contributed by atoms with van der Waals surface area (Å²) in [7, 11) is 0. The van der Waals surface area contributed by atoms with Gasteiger partial charge in [0.15, 0.2) is 0 Å². The fourth-order valence-electron chi connectivity index (χ4n) is 1.25. The van der Waals surface area contributed by atoms with Crippen molar-refractivity contribution in [1.29, 1.82) is 0 Å². The summed E-state index contributed by atoms with van der Waals surface area (Å²) in [6.07, 6.45) is 2.30. The monoisotopic (exact) mass is 276 g/mol. The van der Waals surface area contributed by atoms with Crippen molar-refractivity contribution < 1.29 is 19.5 Å². The molecule has 0 saturated carbocycles. The Bertz CT molecular complexity index is 533. The normalized spacial score (nSPS) is 11.3. The Labute approximate surface area is 116 Å². The number of benzene rings is 1. The Morgan fingerprint density at radius 2 is 1.90 bits per heavy atom. The van der Waals surface area contributed by atoms with Gasteiger partial charge in [0.05, 0.1) is 0 Å². The number of hydrogen-bond acceptors (Lipinski definition) is 4. The van der Waals surface area contributed by atoms with E-state index in [9.17, 15) is 14.4 Å². The third-order valence-corrected chi connectivity index (χ3v) is 2.41. The van der Waals surface area contributed by atoms with Crippen LogP contribution in [0.2, 0.25) is 0 Å². The number of carboxylic acid groups (broad SMARTS) is 1. The predicted octanol–water partition coefficient (Wildman–Crippen LogP) is 0.897. The molecule has 0 bridgehead atoms. The lowest BCUT2D eigenvalue weighted by Gasteiger charge is -2.09. The molecule has 0 aromatic heterocycles. The molecule has 1 amide bonds. The molecule has 0 fully saturated rings. The number of amides is 1. The maximum Gasteiger partial charge on any atom is 0.322 e. The number of carboxylic acids is 1. The van der Waals surface area contributed by atoms with Crippen LogP contribution in [0.4, 0.5) is 0 Å². The molecule has 20 heavy (non-hydrogen) atoms. The zero-order chi connectivity index (χ0) is 15.2. The van der Waals surface area contributed by atoms with E-state index in [1.807, 2.05) is 0 Å². The zero-order valence-corrected chi connectivity index (χ0v) is 11.3. The van der Waals surface area contributed by atoms with Crippen molar-refractivity contribution in [1.82, 2.24) is 5.32 Å². The zero-order valence-electron chi connectivity index (χ0n) is 11.3. The minimum absolute atomic E-state index is 0.359. The topological polar surface area (TPSA) is 95.8 Å². The van der Waals surface area contributed by atoms with Crippen molar-refractivity contribution in [2.45, 2.75) is 19.4 Å². The van der Waals surface area contributed by atoms with E-state index in [2.05, 4.69) is 10.3 Å². The van der Waals surface area contributed by atoms with Gasteiger partial charge in [0, 0.05) is 11.8 Å². The molecule has 6 heteroatoms. The van der Waals surface area contributed by atoms with Crippen molar-refractivity contribution in [2.24, 2.45) is 4.99 Å². The molecular formula is C14H16N2O4. The van der Waals surface area contributed by atoms with Gasteiger partial charge in [-0.25, -0.2) is 0 Å². The summed E-state index contributed by atoms with van der Waals surface area (Å²) >= 11 is 0. The standard InChI is InChI=1S/C14H16N2O4/c1-14(2,9-17)16-7-10-3-5-11(6-4-10)13(20)15-8-12(18)19/h3-7,9H,8H2,1-2H3,(H,15,20)(H,18,19). The highest BCUT2D eigenvalue weighted by Gasteiger charge is 2.12. The number of carbonyl (C=O) groups excluding carboxylic acids is 2. The summed E-state index contributed by atoms with van der Waals surface area (Å²) in [5.41, 5.74) is 0.324. The van der Waals surface area contributed by atoms with Crippen molar-refractivity contribution >= 4 is 24.4 Å². The number of carbonyl (C=O) groups is 3. The number of aldehydes is 1. The fraction of sp³-hybridized carbons (Fsp3) is 0.286. The maximum absolute atomic E-state index is 11.6. The van der Waals surface area contributed by atoms with E-state index in [0.717, 1.165) is 11.8 Å². The van der Waals surface area contributed by atoms with Crippen LogP contribution in [-0.4, -0.2) is 41.6 Å². The molecule has 106 valence electrons. The van der Waals surface area contributed by atoms with E-state index >= 15 is 0 Å². The molecule has 0 spiro atoms. The van der Waals surface area contributed by atoms with Crippen LogP contribution in [0, 0.1) is 0 Å².